The van der Waals surface area contributed by atoms with E-state index in [9.17, 15) is 9.59 Å². The van der Waals surface area contributed by atoms with E-state index in [1.807, 2.05) is 61.6 Å². The number of aromatic nitrogens is 4. The lowest BCUT2D eigenvalue weighted by Crippen LogP contribution is -2.51. The van der Waals surface area contributed by atoms with Crippen LogP contribution in [-0.2, 0) is 11.3 Å². The molecule has 1 atom stereocenters. The second-order valence-corrected chi connectivity index (χ2v) is 8.55. The van der Waals surface area contributed by atoms with E-state index in [4.69, 9.17) is 0 Å². The van der Waals surface area contributed by atoms with Gasteiger partial charge in [0.05, 0.1) is 11.6 Å². The van der Waals surface area contributed by atoms with E-state index in [1.54, 1.807) is 18.3 Å². The first-order valence-corrected chi connectivity index (χ1v) is 11.0. The maximum absolute atomic E-state index is 12.9. The summed E-state index contributed by atoms with van der Waals surface area (Å²) in [6, 6.07) is 9.22. The van der Waals surface area contributed by atoms with Crippen LogP contribution in [0.1, 0.15) is 23.9 Å². The highest BCUT2D eigenvalue weighted by Gasteiger charge is 2.26. The Morgan fingerprint density at radius 3 is 2.44 bits per heavy atom. The molecule has 0 N–H and O–H groups in total. The first-order valence-electron chi connectivity index (χ1n) is 11.0. The summed E-state index contributed by atoms with van der Waals surface area (Å²) >= 11 is 0. The van der Waals surface area contributed by atoms with Gasteiger partial charge in [-0.2, -0.15) is 4.68 Å². The fraction of sp³-hybridized carbons (Fsp3) is 0.417. The highest BCUT2D eigenvalue weighted by atomic mass is 16.2. The minimum atomic E-state index is -0.158. The van der Waals surface area contributed by atoms with Crippen molar-refractivity contribution >= 4 is 11.7 Å². The van der Waals surface area contributed by atoms with Crippen LogP contribution < -0.4 is 10.5 Å². The maximum Gasteiger partial charge on any atom is 0.271 e. The molecule has 2 aromatic heterocycles. The fourth-order valence-electron chi connectivity index (χ4n) is 4.05. The van der Waals surface area contributed by atoms with Crippen molar-refractivity contribution in [2.45, 2.75) is 34.2 Å². The van der Waals surface area contributed by atoms with Crippen molar-refractivity contribution in [3.05, 3.63) is 70.0 Å². The number of carbonyl (C=O) groups is 1. The Bertz CT molecular complexity index is 1170. The van der Waals surface area contributed by atoms with Crippen LogP contribution in [0.15, 0.2) is 47.5 Å². The third-order valence-electron chi connectivity index (χ3n) is 6.25. The van der Waals surface area contributed by atoms with E-state index >= 15 is 0 Å². The quantitative estimate of drug-likeness (QED) is 0.616. The molecule has 168 valence electrons. The first kappa shape index (κ1) is 21.8. The summed E-state index contributed by atoms with van der Waals surface area (Å²) in [7, 11) is 0. The number of nitrogens with zero attached hydrogens (tertiary/aromatic N) is 6. The van der Waals surface area contributed by atoms with Crippen molar-refractivity contribution < 1.29 is 4.79 Å². The zero-order valence-corrected chi connectivity index (χ0v) is 19.2. The lowest BCUT2D eigenvalue weighted by molar-refractivity contribution is -0.135. The number of imidazole rings is 1. The number of piperazine rings is 1. The molecule has 1 aliphatic heterocycles. The van der Waals surface area contributed by atoms with Gasteiger partial charge in [-0.1, -0.05) is 13.0 Å². The van der Waals surface area contributed by atoms with Gasteiger partial charge in [0.15, 0.2) is 0 Å². The smallest absolute Gasteiger partial charge is 0.271 e. The third-order valence-corrected chi connectivity index (χ3v) is 6.25. The number of rotatable bonds is 5. The van der Waals surface area contributed by atoms with Crippen molar-refractivity contribution in [2.75, 3.05) is 31.1 Å². The van der Waals surface area contributed by atoms with Gasteiger partial charge in [-0.15, -0.1) is 5.10 Å². The molecule has 1 aliphatic rings. The van der Waals surface area contributed by atoms with Crippen molar-refractivity contribution in [3.63, 3.8) is 0 Å². The number of carbonyl (C=O) groups excluding carboxylic acids is 1. The lowest BCUT2D eigenvalue weighted by atomic mass is 10.1. The van der Waals surface area contributed by atoms with Gasteiger partial charge in [0.2, 0.25) is 5.91 Å². The van der Waals surface area contributed by atoms with Crippen LogP contribution in [0, 0.1) is 26.7 Å². The molecule has 3 heterocycles. The fourth-order valence-corrected chi connectivity index (χ4v) is 4.05. The summed E-state index contributed by atoms with van der Waals surface area (Å²) in [5, 5.41) is 4.62. The molecule has 1 saturated heterocycles. The van der Waals surface area contributed by atoms with Crippen molar-refractivity contribution in [1.29, 1.82) is 0 Å². The van der Waals surface area contributed by atoms with Gasteiger partial charge < -0.3 is 14.4 Å². The molecule has 8 heteroatoms. The molecule has 0 bridgehead atoms. The average molecular weight is 435 g/mol. The Kier molecular flexibility index (Phi) is 6.12. The van der Waals surface area contributed by atoms with Gasteiger partial charge in [-0.25, -0.2) is 4.98 Å². The largest absolute Gasteiger partial charge is 0.352 e. The SMILES string of the molecule is Cc1ccc(-n2nc(N3CCN(C(=O)[C@H](C)Cn4ccnc4C)CC3)ccc2=O)cc1C. The second kappa shape index (κ2) is 8.98. The highest BCUT2D eigenvalue weighted by Crippen LogP contribution is 2.17. The summed E-state index contributed by atoms with van der Waals surface area (Å²) in [5.41, 5.74) is 2.90. The van der Waals surface area contributed by atoms with Crippen molar-refractivity contribution in [1.82, 2.24) is 24.2 Å². The van der Waals surface area contributed by atoms with Crippen LogP contribution in [0.3, 0.4) is 0 Å². The first-order chi connectivity index (χ1) is 15.3. The molecular weight excluding hydrogens is 404 g/mol. The minimum absolute atomic E-state index is 0.112. The molecule has 4 rings (SSSR count). The van der Waals surface area contributed by atoms with E-state index in [0.717, 1.165) is 22.9 Å². The molecule has 0 radical (unpaired) electrons. The second-order valence-electron chi connectivity index (χ2n) is 8.55. The van der Waals surface area contributed by atoms with Gasteiger partial charge in [0, 0.05) is 51.2 Å². The van der Waals surface area contributed by atoms with Crippen LogP contribution in [0.2, 0.25) is 0 Å². The Hall–Kier alpha value is -3.42. The van der Waals surface area contributed by atoms with Gasteiger partial charge in [0.1, 0.15) is 11.6 Å². The van der Waals surface area contributed by atoms with E-state index in [2.05, 4.69) is 15.0 Å². The van der Waals surface area contributed by atoms with Crippen LogP contribution in [-0.4, -0.2) is 56.3 Å². The molecule has 0 unspecified atom stereocenters. The maximum atomic E-state index is 12.9. The number of benzene rings is 1. The third kappa shape index (κ3) is 4.44. The normalized spacial score (nSPS) is 15.1. The molecule has 0 saturated carbocycles. The van der Waals surface area contributed by atoms with E-state index < -0.39 is 0 Å². The average Bonchev–Trinajstić information content (AvgIpc) is 3.20. The minimum Gasteiger partial charge on any atom is -0.352 e. The number of anilines is 1. The van der Waals surface area contributed by atoms with Gasteiger partial charge in [0.25, 0.3) is 5.56 Å². The van der Waals surface area contributed by atoms with Crippen molar-refractivity contribution in [3.8, 4) is 5.69 Å². The molecule has 0 spiro atoms. The van der Waals surface area contributed by atoms with Gasteiger partial charge in [-0.05, 0) is 50.1 Å². The van der Waals surface area contributed by atoms with Gasteiger partial charge in [-0.3, -0.25) is 9.59 Å². The summed E-state index contributed by atoms with van der Waals surface area (Å²) in [6.45, 7) is 11.3. The number of amides is 1. The summed E-state index contributed by atoms with van der Waals surface area (Å²) < 4.78 is 3.47. The number of aryl methyl sites for hydroxylation is 3. The monoisotopic (exact) mass is 434 g/mol. The zero-order valence-electron chi connectivity index (χ0n) is 19.2. The van der Waals surface area contributed by atoms with Crippen LogP contribution in [0.5, 0.6) is 0 Å². The molecule has 1 amide bonds. The summed E-state index contributed by atoms with van der Waals surface area (Å²) in [4.78, 5) is 33.7. The highest BCUT2D eigenvalue weighted by molar-refractivity contribution is 5.78. The predicted molar refractivity (Wildman–Crippen MR) is 124 cm³/mol. The lowest BCUT2D eigenvalue weighted by Gasteiger charge is -2.36. The zero-order chi connectivity index (χ0) is 22.8. The van der Waals surface area contributed by atoms with Crippen LogP contribution in [0.4, 0.5) is 5.82 Å². The standard InChI is InChI=1S/C24H30N6O2/c1-17-5-6-21(15-18(17)2)30-23(31)8-7-22(26-30)27-11-13-28(14-12-27)24(32)19(3)16-29-10-9-25-20(29)4/h5-10,15,19H,11-14,16H2,1-4H3/t19-/m1/s1. The Balaban J connectivity index is 1.43. The van der Waals surface area contributed by atoms with E-state index in [1.165, 1.54) is 10.2 Å². The number of hydrogen-bond donors (Lipinski definition) is 0. The van der Waals surface area contributed by atoms with Crippen LogP contribution in [0.25, 0.3) is 5.69 Å². The molecular formula is C24H30N6O2. The van der Waals surface area contributed by atoms with Gasteiger partial charge >= 0.3 is 0 Å². The molecule has 3 aromatic rings. The van der Waals surface area contributed by atoms with E-state index in [0.29, 0.717) is 32.7 Å². The Morgan fingerprint density at radius 2 is 1.78 bits per heavy atom. The Morgan fingerprint density at radius 1 is 1.03 bits per heavy atom. The summed E-state index contributed by atoms with van der Waals surface area (Å²) in [5.74, 6) is 1.71. The van der Waals surface area contributed by atoms with E-state index in [-0.39, 0.29) is 17.4 Å². The molecule has 0 aliphatic carbocycles. The van der Waals surface area contributed by atoms with Crippen molar-refractivity contribution in [2.24, 2.45) is 5.92 Å². The molecule has 8 nitrogen and oxygen atoms in total. The predicted octanol–water partition coefficient (Wildman–Crippen LogP) is 2.34. The number of hydrogen-bond acceptors (Lipinski definition) is 5. The Labute approximate surface area is 188 Å². The van der Waals surface area contributed by atoms with Crippen LogP contribution >= 0.6 is 0 Å². The summed E-state index contributed by atoms with van der Waals surface area (Å²) in [6.07, 6.45) is 3.67. The molecule has 1 fully saturated rings. The molecule has 32 heavy (non-hydrogen) atoms. The topological polar surface area (TPSA) is 76.3 Å². The molecule has 1 aromatic carbocycles.